The van der Waals surface area contributed by atoms with Crippen molar-refractivity contribution < 1.29 is 0 Å². The molecule has 78 valence electrons. The molecule has 0 saturated carbocycles. The van der Waals surface area contributed by atoms with Crippen molar-refractivity contribution in [3.05, 3.63) is 35.9 Å². The van der Waals surface area contributed by atoms with E-state index in [1.807, 2.05) is 11.8 Å². The summed E-state index contributed by atoms with van der Waals surface area (Å²) in [6.07, 6.45) is 1.06. The van der Waals surface area contributed by atoms with Crippen molar-refractivity contribution in [1.82, 2.24) is 0 Å². The van der Waals surface area contributed by atoms with E-state index in [0.29, 0.717) is 10.5 Å². The molecule has 0 aliphatic carbocycles. The quantitative estimate of drug-likeness (QED) is 0.806. The average molecular weight is 209 g/mol. The second-order valence-electron chi connectivity index (χ2n) is 3.66. The zero-order valence-electron chi connectivity index (χ0n) is 8.94. The van der Waals surface area contributed by atoms with E-state index >= 15 is 0 Å². The van der Waals surface area contributed by atoms with Crippen LogP contribution in [0, 0.1) is 0 Å². The molecule has 14 heavy (non-hydrogen) atoms. The minimum Gasteiger partial charge on any atom is -0.330 e. The zero-order valence-corrected chi connectivity index (χ0v) is 9.76. The summed E-state index contributed by atoms with van der Waals surface area (Å²) in [4.78, 5) is 0. The van der Waals surface area contributed by atoms with E-state index in [1.165, 1.54) is 5.56 Å². The normalized spacial score (nSPS) is 13.1. The standard InChI is InChI=1S/C12H19NS/c1-10(2)14-12(8-9-13)11-6-4-3-5-7-11/h3-7,10,12H,8-9,13H2,1-2H3. The lowest BCUT2D eigenvalue weighted by Gasteiger charge is -2.18. The molecule has 1 nitrogen and oxygen atoms in total. The monoisotopic (exact) mass is 209 g/mol. The fraction of sp³-hybridized carbons (Fsp3) is 0.500. The van der Waals surface area contributed by atoms with Crippen LogP contribution in [-0.4, -0.2) is 11.8 Å². The van der Waals surface area contributed by atoms with Crippen molar-refractivity contribution in [2.24, 2.45) is 5.73 Å². The van der Waals surface area contributed by atoms with Gasteiger partial charge in [0.05, 0.1) is 0 Å². The van der Waals surface area contributed by atoms with Crippen LogP contribution in [0.15, 0.2) is 30.3 Å². The summed E-state index contributed by atoms with van der Waals surface area (Å²) in [6, 6.07) is 10.6. The molecule has 1 atom stereocenters. The molecular formula is C12H19NS. The molecule has 0 bridgehead atoms. The van der Waals surface area contributed by atoms with E-state index in [0.717, 1.165) is 13.0 Å². The summed E-state index contributed by atoms with van der Waals surface area (Å²) >= 11 is 2.00. The van der Waals surface area contributed by atoms with E-state index < -0.39 is 0 Å². The Bertz CT molecular complexity index is 246. The predicted octanol–water partition coefficient (Wildman–Crippen LogP) is 3.22. The van der Waals surface area contributed by atoms with Crippen LogP contribution in [0.25, 0.3) is 0 Å². The minimum absolute atomic E-state index is 0.557. The SMILES string of the molecule is CC(C)SC(CCN)c1ccccc1. The van der Waals surface area contributed by atoms with Crippen LogP contribution in [0.5, 0.6) is 0 Å². The first-order valence-corrected chi connectivity index (χ1v) is 6.08. The third-order valence-corrected chi connectivity index (χ3v) is 3.42. The highest BCUT2D eigenvalue weighted by molar-refractivity contribution is 8.00. The molecule has 0 aromatic heterocycles. The highest BCUT2D eigenvalue weighted by Gasteiger charge is 2.12. The van der Waals surface area contributed by atoms with Crippen LogP contribution in [-0.2, 0) is 0 Å². The Labute approximate surface area is 91.1 Å². The predicted molar refractivity (Wildman–Crippen MR) is 65.6 cm³/mol. The number of nitrogens with two attached hydrogens (primary N) is 1. The summed E-state index contributed by atoms with van der Waals surface area (Å²) in [6.45, 7) is 5.23. The van der Waals surface area contributed by atoms with E-state index in [1.54, 1.807) is 0 Å². The maximum Gasteiger partial charge on any atom is 0.0311 e. The summed E-state index contributed by atoms with van der Waals surface area (Å²) < 4.78 is 0. The van der Waals surface area contributed by atoms with Crippen LogP contribution < -0.4 is 5.73 Å². The molecule has 0 aliphatic heterocycles. The van der Waals surface area contributed by atoms with Gasteiger partial charge in [0.25, 0.3) is 0 Å². The number of rotatable bonds is 5. The van der Waals surface area contributed by atoms with Gasteiger partial charge in [-0.15, -0.1) is 0 Å². The maximum atomic E-state index is 5.63. The van der Waals surface area contributed by atoms with E-state index in [2.05, 4.69) is 44.2 Å². The molecule has 1 aromatic carbocycles. The number of hydrogen-bond donors (Lipinski definition) is 1. The molecule has 0 spiro atoms. The number of benzene rings is 1. The molecule has 2 N–H and O–H groups in total. The van der Waals surface area contributed by atoms with Gasteiger partial charge >= 0.3 is 0 Å². The topological polar surface area (TPSA) is 26.0 Å². The Hall–Kier alpha value is -0.470. The molecular weight excluding hydrogens is 190 g/mol. The Kier molecular flexibility index (Phi) is 5.05. The Morgan fingerprint density at radius 1 is 1.21 bits per heavy atom. The highest BCUT2D eigenvalue weighted by atomic mass is 32.2. The molecule has 2 heteroatoms. The molecule has 0 amide bonds. The number of thioether (sulfide) groups is 1. The van der Waals surface area contributed by atoms with Gasteiger partial charge in [-0.3, -0.25) is 0 Å². The van der Waals surface area contributed by atoms with Gasteiger partial charge in [0.1, 0.15) is 0 Å². The first-order chi connectivity index (χ1) is 6.74. The molecule has 0 fully saturated rings. The third kappa shape index (κ3) is 3.72. The smallest absolute Gasteiger partial charge is 0.0311 e. The fourth-order valence-electron chi connectivity index (χ4n) is 1.46. The lowest BCUT2D eigenvalue weighted by Crippen LogP contribution is -2.06. The molecule has 0 aliphatic rings. The summed E-state index contributed by atoms with van der Waals surface area (Å²) in [5.74, 6) is 0. The van der Waals surface area contributed by atoms with E-state index in [-0.39, 0.29) is 0 Å². The Morgan fingerprint density at radius 2 is 1.86 bits per heavy atom. The van der Waals surface area contributed by atoms with Gasteiger partial charge in [-0.05, 0) is 23.8 Å². The van der Waals surface area contributed by atoms with Crippen LogP contribution >= 0.6 is 11.8 Å². The van der Waals surface area contributed by atoms with Crippen molar-refractivity contribution in [1.29, 1.82) is 0 Å². The largest absolute Gasteiger partial charge is 0.330 e. The van der Waals surface area contributed by atoms with Crippen molar-refractivity contribution in [2.45, 2.75) is 30.8 Å². The second-order valence-corrected chi connectivity index (χ2v) is 5.45. The lowest BCUT2D eigenvalue weighted by atomic mass is 10.1. The summed E-state index contributed by atoms with van der Waals surface area (Å²) in [7, 11) is 0. The summed E-state index contributed by atoms with van der Waals surface area (Å²) in [5.41, 5.74) is 7.03. The van der Waals surface area contributed by atoms with E-state index in [9.17, 15) is 0 Å². The third-order valence-electron chi connectivity index (χ3n) is 2.04. The van der Waals surface area contributed by atoms with Gasteiger partial charge in [0.2, 0.25) is 0 Å². The summed E-state index contributed by atoms with van der Waals surface area (Å²) in [5, 5.41) is 1.22. The molecule has 1 rings (SSSR count). The first kappa shape index (κ1) is 11.6. The van der Waals surface area contributed by atoms with Crippen LogP contribution in [0.1, 0.15) is 31.1 Å². The van der Waals surface area contributed by atoms with Gasteiger partial charge in [0.15, 0.2) is 0 Å². The fourth-order valence-corrected chi connectivity index (χ4v) is 2.70. The van der Waals surface area contributed by atoms with Gasteiger partial charge in [-0.25, -0.2) is 0 Å². The molecule has 1 unspecified atom stereocenters. The van der Waals surface area contributed by atoms with Crippen molar-refractivity contribution in [3.8, 4) is 0 Å². The van der Waals surface area contributed by atoms with Crippen molar-refractivity contribution >= 4 is 11.8 Å². The molecule has 0 saturated heterocycles. The Morgan fingerprint density at radius 3 is 2.36 bits per heavy atom. The van der Waals surface area contributed by atoms with Crippen LogP contribution in [0.3, 0.4) is 0 Å². The Balaban J connectivity index is 2.67. The van der Waals surface area contributed by atoms with Crippen molar-refractivity contribution in [2.75, 3.05) is 6.54 Å². The molecule has 0 heterocycles. The molecule has 1 aromatic rings. The molecule has 0 radical (unpaired) electrons. The van der Waals surface area contributed by atoms with Crippen LogP contribution in [0.4, 0.5) is 0 Å². The van der Waals surface area contributed by atoms with Gasteiger partial charge in [-0.2, -0.15) is 11.8 Å². The van der Waals surface area contributed by atoms with Gasteiger partial charge in [-0.1, -0.05) is 44.2 Å². The minimum atomic E-state index is 0.557. The lowest BCUT2D eigenvalue weighted by molar-refractivity contribution is 0.809. The van der Waals surface area contributed by atoms with Crippen molar-refractivity contribution in [3.63, 3.8) is 0 Å². The average Bonchev–Trinajstić information content (AvgIpc) is 2.18. The zero-order chi connectivity index (χ0) is 10.4. The van der Waals surface area contributed by atoms with Gasteiger partial charge in [0, 0.05) is 5.25 Å². The van der Waals surface area contributed by atoms with Crippen LogP contribution in [0.2, 0.25) is 0 Å². The first-order valence-electron chi connectivity index (χ1n) is 5.14. The van der Waals surface area contributed by atoms with Gasteiger partial charge < -0.3 is 5.73 Å². The highest BCUT2D eigenvalue weighted by Crippen LogP contribution is 2.34. The van der Waals surface area contributed by atoms with E-state index in [4.69, 9.17) is 5.73 Å². The number of hydrogen-bond acceptors (Lipinski definition) is 2. The second kappa shape index (κ2) is 6.10. The maximum absolute atomic E-state index is 5.63.